The van der Waals surface area contributed by atoms with E-state index in [1.807, 2.05) is 19.3 Å². The lowest BCUT2D eigenvalue weighted by atomic mass is 10.0. The van der Waals surface area contributed by atoms with Crippen LogP contribution in [0.1, 0.15) is 30.4 Å². The Labute approximate surface area is 103 Å². The van der Waals surface area contributed by atoms with Gasteiger partial charge in [0.05, 0.1) is 0 Å². The van der Waals surface area contributed by atoms with Crippen LogP contribution in [0.2, 0.25) is 0 Å². The number of nitrogens with zero attached hydrogens (tertiary/aromatic N) is 1. The first kappa shape index (κ1) is 13.6. The van der Waals surface area contributed by atoms with Gasteiger partial charge in [-0.05, 0) is 56.5 Å². The number of primary amides is 1. The van der Waals surface area contributed by atoms with Crippen LogP contribution in [0.25, 0.3) is 0 Å². The van der Waals surface area contributed by atoms with Gasteiger partial charge in [0, 0.05) is 18.8 Å². The van der Waals surface area contributed by atoms with Gasteiger partial charge in [-0.2, -0.15) is 0 Å². The molecule has 0 bridgehead atoms. The fourth-order valence-corrected chi connectivity index (χ4v) is 1.80. The summed E-state index contributed by atoms with van der Waals surface area (Å²) in [5.74, 6) is -0.247. The van der Waals surface area contributed by atoms with Crippen molar-refractivity contribution in [3.8, 4) is 0 Å². The zero-order chi connectivity index (χ0) is 12.5. The molecule has 0 radical (unpaired) electrons. The Morgan fingerprint density at radius 3 is 2.88 bits per heavy atom. The highest BCUT2D eigenvalue weighted by molar-refractivity contribution is 5.74. The van der Waals surface area contributed by atoms with Gasteiger partial charge in [0.25, 0.3) is 0 Å². The highest BCUT2D eigenvalue weighted by Crippen LogP contribution is 2.12. The highest BCUT2D eigenvalue weighted by atomic mass is 16.1. The van der Waals surface area contributed by atoms with Gasteiger partial charge in [-0.25, -0.2) is 0 Å². The van der Waals surface area contributed by atoms with Crippen LogP contribution in [-0.2, 0) is 17.6 Å². The van der Waals surface area contributed by atoms with E-state index in [2.05, 4.69) is 10.3 Å². The summed E-state index contributed by atoms with van der Waals surface area (Å²) in [5.41, 5.74) is 7.61. The topological polar surface area (TPSA) is 68.0 Å². The van der Waals surface area contributed by atoms with Crippen molar-refractivity contribution in [2.75, 3.05) is 13.6 Å². The lowest BCUT2D eigenvalue weighted by Gasteiger charge is -2.07. The van der Waals surface area contributed by atoms with E-state index in [4.69, 9.17) is 5.73 Å². The molecule has 0 saturated carbocycles. The Balaban J connectivity index is 2.48. The molecule has 17 heavy (non-hydrogen) atoms. The van der Waals surface area contributed by atoms with Crippen molar-refractivity contribution >= 4 is 5.91 Å². The molecule has 1 heterocycles. The molecule has 0 saturated heterocycles. The van der Waals surface area contributed by atoms with E-state index in [1.54, 1.807) is 6.20 Å². The Morgan fingerprint density at radius 1 is 1.35 bits per heavy atom. The van der Waals surface area contributed by atoms with Crippen molar-refractivity contribution in [3.63, 3.8) is 0 Å². The molecule has 0 atom stereocenters. The summed E-state index contributed by atoms with van der Waals surface area (Å²) < 4.78 is 0. The van der Waals surface area contributed by atoms with Crippen LogP contribution >= 0.6 is 0 Å². The maximum atomic E-state index is 10.8. The predicted octanol–water partition coefficient (Wildman–Crippen LogP) is 1.04. The summed E-state index contributed by atoms with van der Waals surface area (Å²) in [6, 6.07) is 1.98. The second-order valence-electron chi connectivity index (χ2n) is 4.17. The molecule has 0 aliphatic heterocycles. The average Bonchev–Trinajstić information content (AvgIpc) is 2.33. The molecular formula is C13H21N3O. The number of pyridine rings is 1. The molecule has 4 nitrogen and oxygen atoms in total. The monoisotopic (exact) mass is 235 g/mol. The SMILES string of the molecule is CNCCCCc1cnccc1CCC(N)=O. The summed E-state index contributed by atoms with van der Waals surface area (Å²) in [6.07, 6.45) is 8.11. The molecule has 94 valence electrons. The maximum absolute atomic E-state index is 10.8. The lowest BCUT2D eigenvalue weighted by molar-refractivity contribution is -0.117. The summed E-state index contributed by atoms with van der Waals surface area (Å²) >= 11 is 0. The highest BCUT2D eigenvalue weighted by Gasteiger charge is 2.04. The molecule has 0 aliphatic carbocycles. The average molecular weight is 235 g/mol. The molecule has 1 rings (SSSR count). The third-order valence-corrected chi connectivity index (χ3v) is 2.77. The number of hydrogen-bond donors (Lipinski definition) is 2. The van der Waals surface area contributed by atoms with Crippen molar-refractivity contribution in [3.05, 3.63) is 29.6 Å². The molecule has 1 amide bonds. The van der Waals surface area contributed by atoms with Gasteiger partial charge in [0.1, 0.15) is 0 Å². The quantitative estimate of drug-likeness (QED) is 0.662. The van der Waals surface area contributed by atoms with Gasteiger partial charge in [-0.3, -0.25) is 9.78 Å². The number of amides is 1. The predicted molar refractivity (Wildman–Crippen MR) is 68.6 cm³/mol. The first-order chi connectivity index (χ1) is 8.24. The molecule has 1 aromatic heterocycles. The van der Waals surface area contributed by atoms with Crippen LogP contribution in [0.15, 0.2) is 18.5 Å². The number of aromatic nitrogens is 1. The number of nitrogens with two attached hydrogens (primary N) is 1. The number of nitrogens with one attached hydrogen (secondary N) is 1. The van der Waals surface area contributed by atoms with E-state index in [0.717, 1.165) is 32.2 Å². The number of aryl methyl sites for hydroxylation is 2. The molecule has 0 unspecified atom stereocenters. The third-order valence-electron chi connectivity index (χ3n) is 2.77. The van der Waals surface area contributed by atoms with Gasteiger partial charge < -0.3 is 11.1 Å². The van der Waals surface area contributed by atoms with Gasteiger partial charge in [-0.1, -0.05) is 0 Å². The van der Waals surface area contributed by atoms with Gasteiger partial charge in [-0.15, -0.1) is 0 Å². The number of carbonyl (C=O) groups is 1. The molecule has 0 spiro atoms. The molecule has 0 aromatic carbocycles. The van der Waals surface area contributed by atoms with E-state index in [1.165, 1.54) is 11.1 Å². The van der Waals surface area contributed by atoms with Crippen LogP contribution in [-0.4, -0.2) is 24.5 Å². The number of hydrogen-bond acceptors (Lipinski definition) is 3. The van der Waals surface area contributed by atoms with Gasteiger partial charge >= 0.3 is 0 Å². The second-order valence-corrected chi connectivity index (χ2v) is 4.17. The van der Waals surface area contributed by atoms with Crippen LogP contribution in [0.4, 0.5) is 0 Å². The lowest BCUT2D eigenvalue weighted by Crippen LogP contribution is -2.12. The number of rotatable bonds is 8. The summed E-state index contributed by atoms with van der Waals surface area (Å²) in [5, 5.41) is 3.13. The Morgan fingerprint density at radius 2 is 2.18 bits per heavy atom. The fraction of sp³-hybridized carbons (Fsp3) is 0.538. The summed E-state index contributed by atoms with van der Waals surface area (Å²) in [4.78, 5) is 14.9. The maximum Gasteiger partial charge on any atom is 0.217 e. The Hall–Kier alpha value is -1.42. The fourth-order valence-electron chi connectivity index (χ4n) is 1.80. The van der Waals surface area contributed by atoms with Crippen LogP contribution in [0.3, 0.4) is 0 Å². The van der Waals surface area contributed by atoms with E-state index in [9.17, 15) is 4.79 Å². The number of carbonyl (C=O) groups excluding carboxylic acids is 1. The molecule has 1 aromatic rings. The second kappa shape index (κ2) is 7.79. The minimum absolute atomic E-state index is 0.247. The van der Waals surface area contributed by atoms with Crippen molar-refractivity contribution in [1.82, 2.24) is 10.3 Å². The molecular weight excluding hydrogens is 214 g/mol. The standard InChI is InChI=1S/C13H21N3O/c1-15-8-3-2-4-12-10-16-9-7-11(12)5-6-13(14)17/h7,9-10,15H,2-6,8H2,1H3,(H2,14,17). The zero-order valence-electron chi connectivity index (χ0n) is 10.4. The van der Waals surface area contributed by atoms with Crippen LogP contribution in [0.5, 0.6) is 0 Å². The largest absolute Gasteiger partial charge is 0.370 e. The first-order valence-electron chi connectivity index (χ1n) is 6.08. The minimum Gasteiger partial charge on any atom is -0.370 e. The molecule has 0 aliphatic rings. The van der Waals surface area contributed by atoms with Crippen molar-refractivity contribution in [1.29, 1.82) is 0 Å². The first-order valence-corrected chi connectivity index (χ1v) is 6.08. The van der Waals surface area contributed by atoms with Crippen molar-refractivity contribution in [2.45, 2.75) is 32.1 Å². The van der Waals surface area contributed by atoms with Crippen molar-refractivity contribution < 1.29 is 4.79 Å². The van der Waals surface area contributed by atoms with Crippen LogP contribution < -0.4 is 11.1 Å². The smallest absolute Gasteiger partial charge is 0.217 e. The summed E-state index contributed by atoms with van der Waals surface area (Å²) in [7, 11) is 1.96. The Kier molecular flexibility index (Phi) is 6.25. The number of unbranched alkanes of at least 4 members (excludes halogenated alkanes) is 1. The van der Waals surface area contributed by atoms with E-state index in [-0.39, 0.29) is 5.91 Å². The minimum atomic E-state index is -0.247. The normalized spacial score (nSPS) is 10.4. The summed E-state index contributed by atoms with van der Waals surface area (Å²) in [6.45, 7) is 1.04. The van der Waals surface area contributed by atoms with E-state index < -0.39 is 0 Å². The van der Waals surface area contributed by atoms with Crippen LogP contribution in [0, 0.1) is 0 Å². The Bertz CT molecular complexity index is 352. The zero-order valence-corrected chi connectivity index (χ0v) is 10.4. The van der Waals surface area contributed by atoms with Crippen molar-refractivity contribution in [2.24, 2.45) is 5.73 Å². The molecule has 3 N–H and O–H groups in total. The molecule has 4 heteroatoms. The van der Waals surface area contributed by atoms with E-state index in [0.29, 0.717) is 6.42 Å². The molecule has 0 fully saturated rings. The third kappa shape index (κ3) is 5.45. The van der Waals surface area contributed by atoms with Gasteiger partial charge in [0.15, 0.2) is 0 Å². The van der Waals surface area contributed by atoms with Gasteiger partial charge in [0.2, 0.25) is 5.91 Å². The van der Waals surface area contributed by atoms with E-state index >= 15 is 0 Å².